The second-order valence-electron chi connectivity index (χ2n) is 3.96. The summed E-state index contributed by atoms with van der Waals surface area (Å²) in [6.45, 7) is 4.01. The minimum atomic E-state index is -0.753. The van der Waals surface area contributed by atoms with Gasteiger partial charge in [0.25, 0.3) is 0 Å². The number of hydrogen-bond acceptors (Lipinski definition) is 2. The zero-order valence-electron chi connectivity index (χ0n) is 9.46. The highest BCUT2D eigenvalue weighted by atomic mass is 79.9. The highest BCUT2D eigenvalue weighted by molar-refractivity contribution is 9.10. The van der Waals surface area contributed by atoms with Gasteiger partial charge in [0.15, 0.2) is 0 Å². The van der Waals surface area contributed by atoms with Crippen LogP contribution in [0.5, 0.6) is 0 Å². The van der Waals surface area contributed by atoms with Crippen LogP contribution in [0.2, 0.25) is 0 Å². The van der Waals surface area contributed by atoms with Crippen LogP contribution >= 0.6 is 15.9 Å². The average Bonchev–Trinajstić information content (AvgIpc) is 2.20. The van der Waals surface area contributed by atoms with Crippen LogP contribution in [-0.4, -0.2) is 17.1 Å². The molecule has 0 fully saturated rings. The Hall–Kier alpha value is -1.03. The molecule has 0 aliphatic heterocycles. The Bertz CT molecular complexity index is 379. The SMILES string of the molecule is Cc1ccc(Br)c(NC(C)CCC(=O)O)c1. The summed E-state index contributed by atoms with van der Waals surface area (Å²) >= 11 is 3.46. The van der Waals surface area contributed by atoms with Crippen molar-refractivity contribution in [2.45, 2.75) is 32.7 Å². The van der Waals surface area contributed by atoms with Gasteiger partial charge in [-0.05, 0) is 53.9 Å². The third-order valence-electron chi connectivity index (χ3n) is 2.31. The Morgan fingerprint density at radius 3 is 2.88 bits per heavy atom. The van der Waals surface area contributed by atoms with Crippen LogP contribution in [0.25, 0.3) is 0 Å². The molecule has 1 aromatic carbocycles. The van der Waals surface area contributed by atoms with E-state index in [-0.39, 0.29) is 12.5 Å². The quantitative estimate of drug-likeness (QED) is 0.872. The van der Waals surface area contributed by atoms with Crippen molar-refractivity contribution in [1.29, 1.82) is 0 Å². The summed E-state index contributed by atoms with van der Waals surface area (Å²) in [5.74, 6) is -0.753. The molecular weight excluding hydrogens is 270 g/mol. The van der Waals surface area contributed by atoms with Gasteiger partial charge in [0.05, 0.1) is 0 Å². The van der Waals surface area contributed by atoms with Gasteiger partial charge in [0.1, 0.15) is 0 Å². The normalized spacial score (nSPS) is 12.2. The van der Waals surface area contributed by atoms with Crippen LogP contribution in [0.4, 0.5) is 5.69 Å². The molecule has 0 amide bonds. The maximum absolute atomic E-state index is 10.4. The molecule has 88 valence electrons. The summed E-state index contributed by atoms with van der Waals surface area (Å²) in [7, 11) is 0. The number of carboxylic acids is 1. The zero-order valence-corrected chi connectivity index (χ0v) is 11.0. The molecular formula is C12H16BrNO2. The first-order valence-corrected chi connectivity index (χ1v) is 6.03. The van der Waals surface area contributed by atoms with E-state index < -0.39 is 5.97 Å². The fraction of sp³-hybridized carbons (Fsp3) is 0.417. The molecule has 1 atom stereocenters. The van der Waals surface area contributed by atoms with Crippen molar-refractivity contribution in [3.63, 3.8) is 0 Å². The molecule has 0 aliphatic carbocycles. The Morgan fingerprint density at radius 2 is 2.25 bits per heavy atom. The van der Waals surface area contributed by atoms with Crippen LogP contribution in [-0.2, 0) is 4.79 Å². The lowest BCUT2D eigenvalue weighted by molar-refractivity contribution is -0.137. The van der Waals surface area contributed by atoms with E-state index in [1.165, 1.54) is 5.56 Å². The highest BCUT2D eigenvalue weighted by Gasteiger charge is 2.07. The second-order valence-corrected chi connectivity index (χ2v) is 4.82. The largest absolute Gasteiger partial charge is 0.481 e. The number of anilines is 1. The van der Waals surface area contributed by atoms with Crippen molar-refractivity contribution in [3.8, 4) is 0 Å². The molecule has 0 aromatic heterocycles. The summed E-state index contributed by atoms with van der Waals surface area (Å²) in [6.07, 6.45) is 0.813. The molecule has 0 heterocycles. The minimum Gasteiger partial charge on any atom is -0.481 e. The lowest BCUT2D eigenvalue weighted by Gasteiger charge is -2.16. The predicted molar refractivity (Wildman–Crippen MR) is 68.8 cm³/mol. The van der Waals surface area contributed by atoms with Gasteiger partial charge in [0.2, 0.25) is 0 Å². The summed E-state index contributed by atoms with van der Waals surface area (Å²) in [6, 6.07) is 6.20. The number of rotatable bonds is 5. The van der Waals surface area contributed by atoms with E-state index in [0.29, 0.717) is 6.42 Å². The van der Waals surface area contributed by atoms with E-state index in [9.17, 15) is 4.79 Å². The van der Waals surface area contributed by atoms with Crippen molar-refractivity contribution >= 4 is 27.6 Å². The Balaban J connectivity index is 2.58. The number of hydrogen-bond donors (Lipinski definition) is 2. The zero-order chi connectivity index (χ0) is 12.1. The predicted octanol–water partition coefficient (Wildman–Crippen LogP) is 3.42. The first-order valence-electron chi connectivity index (χ1n) is 5.23. The van der Waals surface area contributed by atoms with E-state index in [0.717, 1.165) is 10.2 Å². The molecule has 2 N–H and O–H groups in total. The van der Waals surface area contributed by atoms with Crippen LogP contribution in [0.1, 0.15) is 25.3 Å². The molecule has 4 heteroatoms. The summed E-state index contributed by atoms with van der Waals surface area (Å²) in [5.41, 5.74) is 2.19. The molecule has 1 rings (SSSR count). The van der Waals surface area contributed by atoms with E-state index in [2.05, 4.69) is 21.2 Å². The van der Waals surface area contributed by atoms with Crippen LogP contribution < -0.4 is 5.32 Å². The van der Waals surface area contributed by atoms with Gasteiger partial charge < -0.3 is 10.4 Å². The van der Waals surface area contributed by atoms with E-state index in [1.807, 2.05) is 32.0 Å². The van der Waals surface area contributed by atoms with E-state index in [4.69, 9.17) is 5.11 Å². The summed E-state index contributed by atoms with van der Waals surface area (Å²) in [5, 5.41) is 11.9. The lowest BCUT2D eigenvalue weighted by Crippen LogP contribution is -2.16. The third kappa shape index (κ3) is 4.23. The van der Waals surface area contributed by atoms with Crippen molar-refractivity contribution in [3.05, 3.63) is 28.2 Å². The van der Waals surface area contributed by atoms with Gasteiger partial charge in [-0.3, -0.25) is 4.79 Å². The Kier molecular flexibility index (Phi) is 4.80. The molecule has 0 saturated heterocycles. The van der Waals surface area contributed by atoms with Crippen molar-refractivity contribution in [1.82, 2.24) is 0 Å². The molecule has 0 bridgehead atoms. The molecule has 0 saturated carbocycles. The lowest BCUT2D eigenvalue weighted by atomic mass is 10.1. The number of aliphatic carboxylic acids is 1. The molecule has 1 aromatic rings. The van der Waals surface area contributed by atoms with Gasteiger partial charge in [-0.25, -0.2) is 0 Å². The first kappa shape index (κ1) is 13.0. The van der Waals surface area contributed by atoms with E-state index in [1.54, 1.807) is 0 Å². The number of nitrogens with one attached hydrogen (secondary N) is 1. The monoisotopic (exact) mass is 285 g/mol. The second kappa shape index (κ2) is 5.89. The van der Waals surface area contributed by atoms with Gasteiger partial charge in [0, 0.05) is 22.6 Å². The van der Waals surface area contributed by atoms with Gasteiger partial charge >= 0.3 is 5.97 Å². The molecule has 3 nitrogen and oxygen atoms in total. The standard InChI is InChI=1S/C12H16BrNO2/c1-8-3-5-10(13)11(7-8)14-9(2)4-6-12(15)16/h3,5,7,9,14H,4,6H2,1-2H3,(H,15,16). The average molecular weight is 286 g/mol. The molecule has 16 heavy (non-hydrogen) atoms. The topological polar surface area (TPSA) is 49.3 Å². The number of halogens is 1. The van der Waals surface area contributed by atoms with Gasteiger partial charge in [-0.1, -0.05) is 6.07 Å². The molecule has 0 spiro atoms. The number of carbonyl (C=O) groups is 1. The molecule has 1 unspecified atom stereocenters. The fourth-order valence-corrected chi connectivity index (χ4v) is 1.79. The smallest absolute Gasteiger partial charge is 0.303 e. The van der Waals surface area contributed by atoms with Crippen molar-refractivity contribution < 1.29 is 9.90 Å². The maximum atomic E-state index is 10.4. The maximum Gasteiger partial charge on any atom is 0.303 e. The Morgan fingerprint density at radius 1 is 1.56 bits per heavy atom. The van der Waals surface area contributed by atoms with E-state index >= 15 is 0 Å². The van der Waals surface area contributed by atoms with Crippen LogP contribution in [0.15, 0.2) is 22.7 Å². The minimum absolute atomic E-state index is 0.147. The molecule has 0 aliphatic rings. The van der Waals surface area contributed by atoms with Crippen LogP contribution in [0, 0.1) is 6.92 Å². The number of benzene rings is 1. The summed E-state index contributed by atoms with van der Waals surface area (Å²) < 4.78 is 1.00. The number of aryl methyl sites for hydroxylation is 1. The highest BCUT2D eigenvalue weighted by Crippen LogP contribution is 2.24. The number of carboxylic acid groups (broad SMARTS) is 1. The Labute approximate surface area is 104 Å². The van der Waals surface area contributed by atoms with Crippen LogP contribution in [0.3, 0.4) is 0 Å². The van der Waals surface area contributed by atoms with Gasteiger partial charge in [-0.2, -0.15) is 0 Å². The third-order valence-corrected chi connectivity index (χ3v) is 3.01. The van der Waals surface area contributed by atoms with Crippen molar-refractivity contribution in [2.24, 2.45) is 0 Å². The molecule has 0 radical (unpaired) electrons. The van der Waals surface area contributed by atoms with Crippen molar-refractivity contribution in [2.75, 3.05) is 5.32 Å². The first-order chi connectivity index (χ1) is 7.49. The summed E-state index contributed by atoms with van der Waals surface area (Å²) in [4.78, 5) is 10.4. The van der Waals surface area contributed by atoms with Gasteiger partial charge in [-0.15, -0.1) is 0 Å². The fourth-order valence-electron chi connectivity index (χ4n) is 1.43.